The highest BCUT2D eigenvalue weighted by molar-refractivity contribution is 6.00. The van der Waals surface area contributed by atoms with Crippen molar-refractivity contribution in [2.24, 2.45) is 5.92 Å². The van der Waals surface area contributed by atoms with Crippen LogP contribution in [-0.2, 0) is 9.59 Å². The van der Waals surface area contributed by atoms with Crippen LogP contribution in [0.15, 0.2) is 18.2 Å². The molecule has 0 aromatic heterocycles. The van der Waals surface area contributed by atoms with Crippen molar-refractivity contribution in [3.8, 4) is 0 Å². The number of hydrogen-bond acceptors (Lipinski definition) is 2. The topological polar surface area (TPSA) is 40.6 Å². The second kappa shape index (κ2) is 7.53. The lowest BCUT2D eigenvalue weighted by molar-refractivity contribution is -0.135. The highest BCUT2D eigenvalue weighted by atomic mass is 19.1. The summed E-state index contributed by atoms with van der Waals surface area (Å²) in [5, 5.41) is 0. The predicted octanol–water partition coefficient (Wildman–Crippen LogP) is 2.97. The Morgan fingerprint density at radius 1 is 1.22 bits per heavy atom. The van der Waals surface area contributed by atoms with Crippen molar-refractivity contribution in [3.05, 3.63) is 29.8 Å². The zero-order chi connectivity index (χ0) is 17.0. The van der Waals surface area contributed by atoms with Crippen LogP contribution in [0.5, 0.6) is 0 Å². The minimum atomic E-state index is -0.787. The molecule has 0 saturated carbocycles. The molecule has 126 valence electrons. The van der Waals surface area contributed by atoms with E-state index in [1.54, 1.807) is 4.90 Å². The summed E-state index contributed by atoms with van der Waals surface area (Å²) in [5.74, 6) is -2.64. The Morgan fingerprint density at radius 3 is 2.30 bits per heavy atom. The molecule has 0 radical (unpaired) electrons. The van der Waals surface area contributed by atoms with Crippen molar-refractivity contribution < 1.29 is 18.4 Å². The summed E-state index contributed by atoms with van der Waals surface area (Å²) in [6, 6.07) is 3.48. The van der Waals surface area contributed by atoms with Gasteiger partial charge in [0.05, 0.1) is 5.92 Å². The van der Waals surface area contributed by atoms with Gasteiger partial charge in [-0.3, -0.25) is 9.59 Å². The van der Waals surface area contributed by atoms with Crippen LogP contribution in [0.25, 0.3) is 0 Å². The van der Waals surface area contributed by atoms with Crippen LogP contribution in [-0.4, -0.2) is 36.3 Å². The van der Waals surface area contributed by atoms with Crippen LogP contribution in [0.2, 0.25) is 0 Å². The van der Waals surface area contributed by atoms with E-state index < -0.39 is 23.5 Å². The van der Waals surface area contributed by atoms with Gasteiger partial charge in [0.1, 0.15) is 17.3 Å². The van der Waals surface area contributed by atoms with Crippen molar-refractivity contribution >= 4 is 17.5 Å². The molecule has 1 saturated heterocycles. The first-order valence-electron chi connectivity index (χ1n) is 8.02. The maximum absolute atomic E-state index is 13.9. The number of para-hydroxylation sites is 1. The first-order valence-corrected chi connectivity index (χ1v) is 8.02. The molecule has 1 atom stereocenters. The quantitative estimate of drug-likeness (QED) is 0.807. The first-order chi connectivity index (χ1) is 11.0. The number of carbonyl (C=O) groups excluding carboxylic acids is 2. The molecule has 2 rings (SSSR count). The summed E-state index contributed by atoms with van der Waals surface area (Å²) >= 11 is 0. The van der Waals surface area contributed by atoms with E-state index in [9.17, 15) is 18.4 Å². The third-order valence-electron chi connectivity index (χ3n) is 3.98. The number of anilines is 1. The van der Waals surface area contributed by atoms with Gasteiger partial charge in [0, 0.05) is 26.1 Å². The van der Waals surface area contributed by atoms with Gasteiger partial charge in [-0.05, 0) is 25.0 Å². The lowest BCUT2D eigenvalue weighted by Crippen LogP contribution is -2.38. The van der Waals surface area contributed by atoms with E-state index in [1.807, 2.05) is 13.8 Å². The van der Waals surface area contributed by atoms with Gasteiger partial charge in [-0.2, -0.15) is 0 Å². The summed E-state index contributed by atoms with van der Waals surface area (Å²) in [4.78, 5) is 27.5. The van der Waals surface area contributed by atoms with Gasteiger partial charge in [0.15, 0.2) is 0 Å². The van der Waals surface area contributed by atoms with Gasteiger partial charge in [-0.25, -0.2) is 8.78 Å². The average molecular weight is 324 g/mol. The lowest BCUT2D eigenvalue weighted by atomic mass is 10.1. The normalized spacial score (nSPS) is 17.7. The molecule has 1 aromatic rings. The molecular formula is C17H22F2N2O2. The lowest BCUT2D eigenvalue weighted by Gasteiger charge is -2.25. The second-order valence-electron chi connectivity index (χ2n) is 5.80. The summed E-state index contributed by atoms with van der Waals surface area (Å²) in [5.41, 5.74) is -0.356. The van der Waals surface area contributed by atoms with Crippen molar-refractivity contribution in [1.29, 1.82) is 0 Å². The summed E-state index contributed by atoms with van der Waals surface area (Å²) in [6.07, 6.45) is 1.66. The summed E-state index contributed by atoms with van der Waals surface area (Å²) < 4.78 is 27.7. The number of hydrogen-bond donors (Lipinski definition) is 0. The molecule has 0 aliphatic carbocycles. The fraction of sp³-hybridized carbons (Fsp3) is 0.529. The van der Waals surface area contributed by atoms with Gasteiger partial charge in [0.2, 0.25) is 11.8 Å². The van der Waals surface area contributed by atoms with E-state index in [0.717, 1.165) is 29.9 Å². The highest BCUT2D eigenvalue weighted by Gasteiger charge is 2.38. The maximum atomic E-state index is 13.9. The Hall–Kier alpha value is -1.98. The molecule has 1 heterocycles. The molecule has 0 spiro atoms. The predicted molar refractivity (Wildman–Crippen MR) is 84.0 cm³/mol. The molecule has 6 heteroatoms. The van der Waals surface area contributed by atoms with Gasteiger partial charge in [-0.1, -0.05) is 19.9 Å². The van der Waals surface area contributed by atoms with Crippen LogP contribution < -0.4 is 4.90 Å². The van der Waals surface area contributed by atoms with Crippen LogP contribution in [0.4, 0.5) is 14.5 Å². The van der Waals surface area contributed by atoms with E-state index in [4.69, 9.17) is 0 Å². The van der Waals surface area contributed by atoms with Gasteiger partial charge in [-0.15, -0.1) is 0 Å². The number of rotatable bonds is 6. The van der Waals surface area contributed by atoms with Gasteiger partial charge in [0.25, 0.3) is 0 Å². The molecule has 1 aromatic carbocycles. The molecule has 1 unspecified atom stereocenters. The molecule has 0 bridgehead atoms. The molecule has 0 N–H and O–H groups in total. The van der Waals surface area contributed by atoms with E-state index in [1.165, 1.54) is 6.07 Å². The minimum Gasteiger partial charge on any atom is -0.342 e. The van der Waals surface area contributed by atoms with Crippen LogP contribution in [0.3, 0.4) is 0 Å². The molecule has 4 nitrogen and oxygen atoms in total. The maximum Gasteiger partial charge on any atom is 0.228 e. The Kier molecular flexibility index (Phi) is 5.69. The van der Waals surface area contributed by atoms with E-state index >= 15 is 0 Å². The standard InChI is InChI=1S/C17H22F2N2O2/c1-3-8-20(9-4-2)17(23)12-10-15(22)21(11-12)16-13(18)6-5-7-14(16)19/h5-7,12H,3-4,8-11H2,1-2H3. The molecule has 1 aliphatic rings. The molecule has 1 aliphatic heterocycles. The fourth-order valence-electron chi connectivity index (χ4n) is 2.97. The van der Waals surface area contributed by atoms with Crippen LogP contribution in [0.1, 0.15) is 33.1 Å². The third kappa shape index (κ3) is 3.68. The van der Waals surface area contributed by atoms with Crippen LogP contribution >= 0.6 is 0 Å². The zero-order valence-electron chi connectivity index (χ0n) is 13.5. The van der Waals surface area contributed by atoms with E-state index in [-0.39, 0.29) is 24.6 Å². The van der Waals surface area contributed by atoms with Gasteiger partial charge < -0.3 is 9.80 Å². The number of amides is 2. The SMILES string of the molecule is CCCN(CCC)C(=O)C1CC(=O)N(c2c(F)cccc2F)C1. The number of carbonyl (C=O) groups is 2. The Bertz CT molecular complexity index is 566. The minimum absolute atomic E-state index is 0.00344. The molecule has 1 fully saturated rings. The zero-order valence-corrected chi connectivity index (χ0v) is 13.5. The monoisotopic (exact) mass is 324 g/mol. The number of halogens is 2. The largest absolute Gasteiger partial charge is 0.342 e. The highest BCUT2D eigenvalue weighted by Crippen LogP contribution is 2.30. The Labute approximate surface area is 135 Å². The number of nitrogens with zero attached hydrogens (tertiary/aromatic N) is 2. The van der Waals surface area contributed by atoms with Gasteiger partial charge >= 0.3 is 0 Å². The van der Waals surface area contributed by atoms with Crippen molar-refractivity contribution in [1.82, 2.24) is 4.90 Å². The van der Waals surface area contributed by atoms with Crippen LogP contribution in [0, 0.1) is 17.6 Å². The fourth-order valence-corrected chi connectivity index (χ4v) is 2.97. The number of benzene rings is 1. The van der Waals surface area contributed by atoms with Crippen molar-refractivity contribution in [2.45, 2.75) is 33.1 Å². The van der Waals surface area contributed by atoms with Crippen molar-refractivity contribution in [3.63, 3.8) is 0 Å². The second-order valence-corrected chi connectivity index (χ2v) is 5.80. The Balaban J connectivity index is 2.17. The molecule has 23 heavy (non-hydrogen) atoms. The van der Waals surface area contributed by atoms with Crippen molar-refractivity contribution in [2.75, 3.05) is 24.5 Å². The average Bonchev–Trinajstić information content (AvgIpc) is 2.88. The van der Waals surface area contributed by atoms with E-state index in [0.29, 0.717) is 13.1 Å². The molecule has 2 amide bonds. The summed E-state index contributed by atoms with van der Waals surface area (Å²) in [6.45, 7) is 5.25. The molecular weight excluding hydrogens is 302 g/mol. The third-order valence-corrected chi connectivity index (χ3v) is 3.98. The smallest absolute Gasteiger partial charge is 0.228 e. The first kappa shape index (κ1) is 17.4. The summed E-state index contributed by atoms with van der Waals surface area (Å²) in [7, 11) is 0. The Morgan fingerprint density at radius 2 is 1.78 bits per heavy atom. The van der Waals surface area contributed by atoms with E-state index in [2.05, 4.69) is 0 Å².